The Hall–Kier alpha value is -3.80. The quantitative estimate of drug-likeness (QED) is 0.368. The van der Waals surface area contributed by atoms with Gasteiger partial charge in [-0.15, -0.1) is 0 Å². The number of fused-ring (bicyclic) bond motifs is 1. The van der Waals surface area contributed by atoms with Crippen molar-refractivity contribution in [2.75, 3.05) is 11.6 Å². The van der Waals surface area contributed by atoms with E-state index in [-0.39, 0.29) is 22.8 Å². The number of sulfone groups is 1. The molecule has 192 valence electrons. The van der Waals surface area contributed by atoms with Gasteiger partial charge in [0.15, 0.2) is 27.1 Å². The van der Waals surface area contributed by atoms with Crippen LogP contribution >= 0.6 is 0 Å². The van der Waals surface area contributed by atoms with Gasteiger partial charge >= 0.3 is 0 Å². The fourth-order valence-electron chi connectivity index (χ4n) is 4.26. The van der Waals surface area contributed by atoms with Crippen LogP contribution in [-0.4, -0.2) is 49.1 Å². The van der Waals surface area contributed by atoms with Gasteiger partial charge in [-0.05, 0) is 45.2 Å². The molecule has 0 saturated heterocycles. The van der Waals surface area contributed by atoms with Crippen LogP contribution in [0.4, 0.5) is 5.82 Å². The molecule has 1 saturated carbocycles. The van der Waals surface area contributed by atoms with Crippen LogP contribution in [0.2, 0.25) is 0 Å². The second kappa shape index (κ2) is 9.58. The fourth-order valence-corrected chi connectivity index (χ4v) is 4.82. The van der Waals surface area contributed by atoms with Crippen molar-refractivity contribution in [2.24, 2.45) is 0 Å². The summed E-state index contributed by atoms with van der Waals surface area (Å²) in [5.74, 6) is 1.05. The number of anilines is 1. The number of aryl methyl sites for hydroxylation is 3. The number of hydrogen-bond donors (Lipinski definition) is 1. The molecule has 0 bridgehead atoms. The SMILES string of the molecule is CCCn1c(=O)c(NCc2ccc(S(C)(=O)=O)cn2)nc2c(C)nc(-c3c(C)ncnc3C3CC3)nc21. The van der Waals surface area contributed by atoms with Gasteiger partial charge in [-0.2, -0.15) is 0 Å². The maximum Gasteiger partial charge on any atom is 0.294 e. The zero-order chi connectivity index (χ0) is 26.3. The number of pyridine rings is 1. The lowest BCUT2D eigenvalue weighted by Gasteiger charge is -2.15. The molecule has 12 heteroatoms. The summed E-state index contributed by atoms with van der Waals surface area (Å²) in [5, 5.41) is 3.06. The second-order valence-corrected chi connectivity index (χ2v) is 11.3. The Kier molecular flexibility index (Phi) is 6.44. The zero-order valence-corrected chi connectivity index (χ0v) is 22.0. The molecule has 0 aliphatic heterocycles. The van der Waals surface area contributed by atoms with E-state index in [2.05, 4.69) is 25.3 Å². The smallest absolute Gasteiger partial charge is 0.294 e. The van der Waals surface area contributed by atoms with Crippen molar-refractivity contribution in [1.82, 2.24) is 34.5 Å². The van der Waals surface area contributed by atoms with Crippen LogP contribution in [-0.2, 0) is 22.9 Å². The van der Waals surface area contributed by atoms with Crippen molar-refractivity contribution in [3.63, 3.8) is 0 Å². The van der Waals surface area contributed by atoms with E-state index in [9.17, 15) is 13.2 Å². The zero-order valence-electron chi connectivity index (χ0n) is 21.2. The summed E-state index contributed by atoms with van der Waals surface area (Å²) in [6.07, 6.45) is 6.91. The minimum Gasteiger partial charge on any atom is -0.360 e. The molecule has 1 aliphatic rings. The van der Waals surface area contributed by atoms with E-state index >= 15 is 0 Å². The van der Waals surface area contributed by atoms with Gasteiger partial charge in [-0.1, -0.05) is 6.92 Å². The average molecular weight is 521 g/mol. The molecule has 0 atom stereocenters. The minimum atomic E-state index is -3.34. The predicted molar refractivity (Wildman–Crippen MR) is 139 cm³/mol. The normalized spacial score (nSPS) is 13.7. The van der Waals surface area contributed by atoms with Gasteiger partial charge in [0.1, 0.15) is 11.8 Å². The number of aromatic nitrogens is 7. The van der Waals surface area contributed by atoms with Crippen molar-refractivity contribution in [3.05, 3.63) is 57.8 Å². The summed E-state index contributed by atoms with van der Waals surface area (Å²) in [7, 11) is -3.34. The molecular formula is C25H28N8O3S. The molecule has 1 fully saturated rings. The van der Waals surface area contributed by atoms with Crippen molar-refractivity contribution < 1.29 is 8.42 Å². The van der Waals surface area contributed by atoms with E-state index in [1.807, 2.05) is 20.8 Å². The lowest BCUT2D eigenvalue weighted by Crippen LogP contribution is -2.27. The first-order valence-corrected chi connectivity index (χ1v) is 14.1. The van der Waals surface area contributed by atoms with Gasteiger partial charge in [0.25, 0.3) is 5.56 Å². The molecule has 0 spiro atoms. The van der Waals surface area contributed by atoms with Crippen molar-refractivity contribution in [3.8, 4) is 11.4 Å². The standard InChI is InChI=1S/C25H28N8O3S/c1-5-10-33-24-20(15(3)30-22(32-24)19-14(2)28-13-29-21(19)16-6-7-16)31-23(25(33)34)27-11-17-8-9-18(12-26-17)37(4,35)36/h8-9,12-13,16H,5-7,10-11H2,1-4H3,(H,27,31). The highest BCUT2D eigenvalue weighted by molar-refractivity contribution is 7.90. The van der Waals surface area contributed by atoms with Gasteiger partial charge in [-0.25, -0.2) is 33.3 Å². The van der Waals surface area contributed by atoms with Crippen LogP contribution in [0.15, 0.2) is 34.3 Å². The summed E-state index contributed by atoms with van der Waals surface area (Å²) in [5.41, 5.74) is 4.52. The molecule has 4 aromatic heterocycles. The minimum absolute atomic E-state index is 0.137. The molecule has 1 N–H and O–H groups in total. The Morgan fingerprint density at radius 2 is 1.84 bits per heavy atom. The average Bonchev–Trinajstić information content (AvgIpc) is 3.70. The summed E-state index contributed by atoms with van der Waals surface area (Å²) >= 11 is 0. The van der Waals surface area contributed by atoms with Gasteiger partial charge < -0.3 is 5.32 Å². The molecule has 37 heavy (non-hydrogen) atoms. The van der Waals surface area contributed by atoms with Crippen LogP contribution in [0.5, 0.6) is 0 Å². The van der Waals surface area contributed by atoms with Gasteiger partial charge in [0.05, 0.1) is 39.8 Å². The van der Waals surface area contributed by atoms with Crippen molar-refractivity contribution >= 4 is 26.8 Å². The Morgan fingerprint density at radius 3 is 2.49 bits per heavy atom. The molecule has 4 aromatic rings. The third kappa shape index (κ3) is 4.93. The van der Waals surface area contributed by atoms with E-state index in [4.69, 9.17) is 9.97 Å². The third-order valence-corrected chi connectivity index (χ3v) is 7.43. The Morgan fingerprint density at radius 1 is 1.05 bits per heavy atom. The van der Waals surface area contributed by atoms with Crippen LogP contribution < -0.4 is 10.9 Å². The van der Waals surface area contributed by atoms with Gasteiger partial charge in [-0.3, -0.25) is 14.3 Å². The highest BCUT2D eigenvalue weighted by Crippen LogP contribution is 2.43. The van der Waals surface area contributed by atoms with E-state index in [1.54, 1.807) is 17.0 Å². The topological polar surface area (TPSA) is 146 Å². The Balaban J connectivity index is 1.56. The first-order chi connectivity index (χ1) is 17.7. The van der Waals surface area contributed by atoms with Crippen LogP contribution in [0.3, 0.4) is 0 Å². The lowest BCUT2D eigenvalue weighted by atomic mass is 10.1. The van der Waals surface area contributed by atoms with Crippen molar-refractivity contribution in [1.29, 1.82) is 0 Å². The maximum atomic E-state index is 13.4. The molecule has 0 amide bonds. The van der Waals surface area contributed by atoms with E-state index in [0.717, 1.165) is 42.5 Å². The van der Waals surface area contributed by atoms with Gasteiger partial charge in [0.2, 0.25) is 0 Å². The largest absolute Gasteiger partial charge is 0.360 e. The summed E-state index contributed by atoms with van der Waals surface area (Å²) in [4.78, 5) is 40.8. The first-order valence-electron chi connectivity index (χ1n) is 12.2. The Labute approximate surface area is 214 Å². The highest BCUT2D eigenvalue weighted by atomic mass is 32.2. The van der Waals surface area contributed by atoms with Crippen LogP contribution in [0, 0.1) is 13.8 Å². The molecule has 5 rings (SSSR count). The highest BCUT2D eigenvalue weighted by Gasteiger charge is 2.30. The van der Waals surface area contributed by atoms with E-state index in [1.165, 1.54) is 12.3 Å². The fraction of sp³-hybridized carbons (Fsp3) is 0.400. The van der Waals surface area contributed by atoms with Crippen molar-refractivity contribution in [2.45, 2.75) is 63.9 Å². The maximum absolute atomic E-state index is 13.4. The number of nitrogens with zero attached hydrogens (tertiary/aromatic N) is 7. The molecule has 1 aliphatic carbocycles. The third-order valence-electron chi connectivity index (χ3n) is 6.33. The summed E-state index contributed by atoms with van der Waals surface area (Å²) in [6.45, 7) is 6.43. The predicted octanol–water partition coefficient (Wildman–Crippen LogP) is 2.96. The first kappa shape index (κ1) is 24.9. The summed E-state index contributed by atoms with van der Waals surface area (Å²) in [6, 6.07) is 3.10. The van der Waals surface area contributed by atoms with E-state index in [0.29, 0.717) is 40.8 Å². The van der Waals surface area contributed by atoms with Gasteiger partial charge in [0, 0.05) is 24.9 Å². The molecule has 0 radical (unpaired) electrons. The molecule has 0 unspecified atom stereocenters. The summed E-state index contributed by atoms with van der Waals surface area (Å²) < 4.78 is 25.0. The van der Waals surface area contributed by atoms with E-state index < -0.39 is 9.84 Å². The monoisotopic (exact) mass is 520 g/mol. The molecule has 0 aromatic carbocycles. The van der Waals surface area contributed by atoms with Crippen LogP contribution in [0.1, 0.15) is 54.9 Å². The second-order valence-electron chi connectivity index (χ2n) is 9.33. The molecule has 11 nitrogen and oxygen atoms in total. The Bertz CT molecular complexity index is 1660. The number of rotatable bonds is 8. The molecular weight excluding hydrogens is 492 g/mol. The number of nitrogens with one attached hydrogen (secondary N) is 1. The van der Waals surface area contributed by atoms with Crippen LogP contribution in [0.25, 0.3) is 22.6 Å². The number of hydrogen-bond acceptors (Lipinski definition) is 10. The lowest BCUT2D eigenvalue weighted by molar-refractivity contribution is 0.601. The molecule has 4 heterocycles.